The van der Waals surface area contributed by atoms with Crippen molar-refractivity contribution < 1.29 is 4.79 Å². The summed E-state index contributed by atoms with van der Waals surface area (Å²) >= 11 is 0. The maximum atomic E-state index is 12.7. The van der Waals surface area contributed by atoms with Gasteiger partial charge in [0.15, 0.2) is 0 Å². The number of carbonyl (C=O) groups excluding carboxylic acids is 1. The van der Waals surface area contributed by atoms with Crippen molar-refractivity contribution in [2.75, 3.05) is 19.6 Å². The van der Waals surface area contributed by atoms with Crippen molar-refractivity contribution >= 4 is 11.5 Å². The number of rotatable bonds is 5. The fourth-order valence-electron chi connectivity index (χ4n) is 3.15. The second-order valence-corrected chi connectivity index (χ2v) is 6.65. The molecule has 1 saturated heterocycles. The average Bonchev–Trinajstić information content (AvgIpc) is 2.52. The molecule has 1 amide bonds. The van der Waals surface area contributed by atoms with Crippen LogP contribution < -0.4 is 16.6 Å². The number of piperazine rings is 1. The lowest BCUT2D eigenvalue weighted by molar-refractivity contribution is 0.0674. The Morgan fingerprint density at radius 3 is 2.33 bits per heavy atom. The monoisotopic (exact) mass is 328 g/mol. The van der Waals surface area contributed by atoms with Crippen LogP contribution in [0.25, 0.3) is 5.57 Å². The highest BCUT2D eigenvalue weighted by Gasteiger charge is 2.25. The Bertz CT molecular complexity index is 611. The third-order valence-corrected chi connectivity index (χ3v) is 4.06. The molecule has 1 fully saturated rings. The quantitative estimate of drug-likeness (QED) is 0.439. The topological polar surface area (TPSA) is 70.4 Å². The summed E-state index contributed by atoms with van der Waals surface area (Å²) in [6.07, 6.45) is 2.00. The lowest BCUT2D eigenvalue weighted by atomic mass is 10.0. The van der Waals surface area contributed by atoms with E-state index in [0.717, 1.165) is 35.4 Å². The summed E-state index contributed by atoms with van der Waals surface area (Å²) in [6.45, 7) is 12.1. The highest BCUT2D eigenvalue weighted by atomic mass is 16.2. The summed E-state index contributed by atoms with van der Waals surface area (Å²) in [7, 11) is 0. The molecule has 1 aliphatic heterocycles. The second kappa shape index (κ2) is 8.24. The molecular formula is C19H28N4O. The Morgan fingerprint density at radius 1 is 1.29 bits per heavy atom. The fourth-order valence-corrected chi connectivity index (χ4v) is 3.15. The van der Waals surface area contributed by atoms with Crippen LogP contribution >= 0.6 is 0 Å². The van der Waals surface area contributed by atoms with Crippen molar-refractivity contribution in [3.05, 3.63) is 53.6 Å². The van der Waals surface area contributed by atoms with Gasteiger partial charge in [0.05, 0.1) is 0 Å². The summed E-state index contributed by atoms with van der Waals surface area (Å²) in [6, 6.07) is 8.34. The van der Waals surface area contributed by atoms with E-state index in [1.165, 1.54) is 0 Å². The Labute approximate surface area is 144 Å². The number of amides is 1. The Hall–Kier alpha value is -1.95. The van der Waals surface area contributed by atoms with E-state index in [1.807, 2.05) is 42.2 Å². The molecule has 1 heterocycles. The first-order chi connectivity index (χ1) is 11.4. The van der Waals surface area contributed by atoms with Crippen molar-refractivity contribution in [1.82, 2.24) is 15.6 Å². The maximum absolute atomic E-state index is 12.7. The van der Waals surface area contributed by atoms with E-state index < -0.39 is 0 Å². The molecule has 0 aromatic heterocycles. The molecule has 1 aliphatic rings. The molecule has 0 aliphatic carbocycles. The van der Waals surface area contributed by atoms with Crippen LogP contribution in [0.3, 0.4) is 0 Å². The van der Waals surface area contributed by atoms with E-state index in [9.17, 15) is 4.79 Å². The SMILES string of the molecule is C=C(C)/C=C(\CNN)c1ccc(C(=O)N2CC(C)NC(C)C2)cc1. The number of hydrazine groups is 1. The number of carbonyl (C=O) groups is 1. The smallest absolute Gasteiger partial charge is 0.253 e. The first-order valence-electron chi connectivity index (χ1n) is 8.36. The minimum absolute atomic E-state index is 0.0872. The first kappa shape index (κ1) is 18.4. The van der Waals surface area contributed by atoms with Crippen LogP contribution in [0.5, 0.6) is 0 Å². The van der Waals surface area contributed by atoms with Gasteiger partial charge in [0.1, 0.15) is 0 Å². The molecule has 4 N–H and O–H groups in total. The normalized spacial score (nSPS) is 21.7. The molecule has 1 aromatic carbocycles. The third kappa shape index (κ3) is 4.77. The molecule has 2 rings (SSSR count). The highest BCUT2D eigenvalue weighted by molar-refractivity contribution is 5.94. The number of hydrogen-bond donors (Lipinski definition) is 3. The van der Waals surface area contributed by atoms with E-state index in [2.05, 4.69) is 31.2 Å². The van der Waals surface area contributed by atoms with Gasteiger partial charge in [-0.1, -0.05) is 30.4 Å². The standard InChI is InChI=1S/C19H28N4O/c1-13(2)9-18(10-21-20)16-5-7-17(8-6-16)19(24)23-11-14(3)22-15(4)12-23/h5-9,14-15,21-22H,1,10-12,20H2,2-4H3/b18-9+. The van der Waals surface area contributed by atoms with E-state index in [4.69, 9.17) is 5.84 Å². The van der Waals surface area contributed by atoms with Crippen LogP contribution in [0.15, 0.2) is 42.5 Å². The fraction of sp³-hybridized carbons (Fsp3) is 0.421. The van der Waals surface area contributed by atoms with Crippen molar-refractivity contribution in [3.8, 4) is 0 Å². The zero-order valence-electron chi connectivity index (χ0n) is 14.8. The predicted molar refractivity (Wildman–Crippen MR) is 99.4 cm³/mol. The molecule has 0 radical (unpaired) electrons. The van der Waals surface area contributed by atoms with E-state index in [-0.39, 0.29) is 5.91 Å². The summed E-state index contributed by atoms with van der Waals surface area (Å²) in [5.41, 5.74) is 6.45. The largest absolute Gasteiger partial charge is 0.336 e. The van der Waals surface area contributed by atoms with Crippen molar-refractivity contribution in [1.29, 1.82) is 0 Å². The summed E-state index contributed by atoms with van der Waals surface area (Å²) in [5, 5.41) is 3.44. The van der Waals surface area contributed by atoms with Gasteiger partial charge in [-0.05, 0) is 44.0 Å². The van der Waals surface area contributed by atoms with E-state index in [1.54, 1.807) is 0 Å². The molecule has 2 unspecified atom stereocenters. The highest BCUT2D eigenvalue weighted by Crippen LogP contribution is 2.18. The van der Waals surface area contributed by atoms with Gasteiger partial charge in [-0.3, -0.25) is 16.1 Å². The summed E-state index contributed by atoms with van der Waals surface area (Å²) in [4.78, 5) is 14.6. The number of nitrogens with two attached hydrogens (primary N) is 1. The number of benzene rings is 1. The molecule has 0 bridgehead atoms. The van der Waals surface area contributed by atoms with Crippen molar-refractivity contribution in [2.45, 2.75) is 32.9 Å². The Kier molecular flexibility index (Phi) is 6.31. The van der Waals surface area contributed by atoms with Gasteiger partial charge in [-0.15, -0.1) is 0 Å². The molecule has 130 valence electrons. The van der Waals surface area contributed by atoms with Crippen molar-refractivity contribution in [3.63, 3.8) is 0 Å². The average molecular weight is 328 g/mol. The third-order valence-electron chi connectivity index (χ3n) is 4.06. The lowest BCUT2D eigenvalue weighted by Crippen LogP contribution is -2.55. The van der Waals surface area contributed by atoms with Gasteiger partial charge < -0.3 is 10.2 Å². The van der Waals surface area contributed by atoms with Gasteiger partial charge in [0.25, 0.3) is 5.91 Å². The Balaban J connectivity index is 2.16. The van der Waals surface area contributed by atoms with Gasteiger partial charge in [-0.25, -0.2) is 0 Å². The van der Waals surface area contributed by atoms with Crippen LogP contribution in [0.2, 0.25) is 0 Å². The van der Waals surface area contributed by atoms with E-state index >= 15 is 0 Å². The summed E-state index contributed by atoms with van der Waals surface area (Å²) < 4.78 is 0. The van der Waals surface area contributed by atoms with Gasteiger partial charge in [-0.2, -0.15) is 0 Å². The van der Waals surface area contributed by atoms with Crippen LogP contribution in [0.1, 0.15) is 36.7 Å². The minimum atomic E-state index is 0.0872. The van der Waals surface area contributed by atoms with Crippen molar-refractivity contribution in [2.24, 2.45) is 5.84 Å². The van der Waals surface area contributed by atoms with Crippen LogP contribution in [0, 0.1) is 0 Å². The summed E-state index contributed by atoms with van der Waals surface area (Å²) in [5.74, 6) is 5.54. The molecule has 0 saturated carbocycles. The van der Waals surface area contributed by atoms with Gasteiger partial charge >= 0.3 is 0 Å². The minimum Gasteiger partial charge on any atom is -0.336 e. The maximum Gasteiger partial charge on any atom is 0.253 e. The first-order valence-corrected chi connectivity index (χ1v) is 8.36. The Morgan fingerprint density at radius 2 is 1.83 bits per heavy atom. The molecule has 1 aromatic rings. The second-order valence-electron chi connectivity index (χ2n) is 6.65. The molecular weight excluding hydrogens is 300 g/mol. The van der Waals surface area contributed by atoms with Crippen LogP contribution in [-0.2, 0) is 0 Å². The van der Waals surface area contributed by atoms with Crippen LogP contribution in [-0.4, -0.2) is 42.5 Å². The number of nitrogens with one attached hydrogen (secondary N) is 2. The molecule has 0 spiro atoms. The number of nitrogens with zero attached hydrogens (tertiary/aromatic N) is 1. The molecule has 5 nitrogen and oxygen atoms in total. The van der Waals surface area contributed by atoms with Crippen LogP contribution in [0.4, 0.5) is 0 Å². The molecule has 5 heteroatoms. The number of hydrogen-bond acceptors (Lipinski definition) is 4. The lowest BCUT2D eigenvalue weighted by Gasteiger charge is -2.36. The predicted octanol–water partition coefficient (Wildman–Crippen LogP) is 1.93. The van der Waals surface area contributed by atoms with E-state index in [0.29, 0.717) is 18.6 Å². The molecule has 24 heavy (non-hydrogen) atoms. The van der Waals surface area contributed by atoms with Gasteiger partial charge in [0.2, 0.25) is 0 Å². The zero-order valence-corrected chi connectivity index (χ0v) is 14.8. The molecule has 2 atom stereocenters. The zero-order chi connectivity index (χ0) is 17.7. The number of allylic oxidation sites excluding steroid dienone is 2. The van der Waals surface area contributed by atoms with Gasteiger partial charge in [0, 0.05) is 37.3 Å².